The number of pyridine rings is 1. The van der Waals surface area contributed by atoms with Crippen molar-refractivity contribution in [3.8, 4) is 17.0 Å². The molecule has 5 heteroatoms. The molecule has 19 heavy (non-hydrogen) atoms. The fourth-order valence-corrected chi connectivity index (χ4v) is 1.64. The van der Waals surface area contributed by atoms with E-state index in [1.54, 1.807) is 18.3 Å². The SMILES string of the molecule is CCOc1ccc(-c2ccc(C(F)(F)F)cc2)cn1. The van der Waals surface area contributed by atoms with Crippen LogP contribution in [0.15, 0.2) is 42.6 Å². The molecule has 0 amide bonds. The second-order valence-corrected chi connectivity index (χ2v) is 3.89. The number of alkyl halides is 3. The van der Waals surface area contributed by atoms with Gasteiger partial charge >= 0.3 is 6.18 Å². The normalized spacial score (nSPS) is 11.4. The summed E-state index contributed by atoms with van der Waals surface area (Å²) in [7, 11) is 0. The van der Waals surface area contributed by atoms with Crippen molar-refractivity contribution in [2.45, 2.75) is 13.1 Å². The lowest BCUT2D eigenvalue weighted by Gasteiger charge is -2.08. The summed E-state index contributed by atoms with van der Waals surface area (Å²) in [5.41, 5.74) is 0.774. The first-order valence-electron chi connectivity index (χ1n) is 5.77. The number of hydrogen-bond acceptors (Lipinski definition) is 2. The zero-order valence-electron chi connectivity index (χ0n) is 10.2. The standard InChI is InChI=1S/C14H12F3NO/c1-2-19-13-8-5-11(9-18-13)10-3-6-12(7-4-10)14(15,16)17/h3-9H,2H2,1H3. The molecule has 2 nitrogen and oxygen atoms in total. The Morgan fingerprint density at radius 2 is 1.63 bits per heavy atom. The first-order valence-corrected chi connectivity index (χ1v) is 5.77. The monoisotopic (exact) mass is 267 g/mol. The van der Waals surface area contributed by atoms with Gasteiger partial charge < -0.3 is 4.74 Å². The summed E-state index contributed by atoms with van der Waals surface area (Å²) in [5.74, 6) is 0.498. The minimum Gasteiger partial charge on any atom is -0.478 e. The van der Waals surface area contributed by atoms with E-state index in [1.165, 1.54) is 12.1 Å². The van der Waals surface area contributed by atoms with Gasteiger partial charge in [0, 0.05) is 17.8 Å². The molecule has 0 saturated heterocycles. The van der Waals surface area contributed by atoms with Gasteiger partial charge in [-0.05, 0) is 30.7 Å². The van der Waals surface area contributed by atoms with Crippen molar-refractivity contribution in [2.24, 2.45) is 0 Å². The van der Waals surface area contributed by atoms with Crippen LogP contribution in [0.5, 0.6) is 5.88 Å². The Bertz CT molecular complexity index is 532. The van der Waals surface area contributed by atoms with E-state index in [0.717, 1.165) is 17.7 Å². The summed E-state index contributed by atoms with van der Waals surface area (Å²) >= 11 is 0. The molecule has 0 bridgehead atoms. The van der Waals surface area contributed by atoms with Crippen LogP contribution in [0.4, 0.5) is 13.2 Å². The minimum atomic E-state index is -4.31. The van der Waals surface area contributed by atoms with E-state index in [-0.39, 0.29) is 0 Å². The summed E-state index contributed by atoms with van der Waals surface area (Å²) in [5, 5.41) is 0. The summed E-state index contributed by atoms with van der Waals surface area (Å²) in [6.07, 6.45) is -2.73. The summed E-state index contributed by atoms with van der Waals surface area (Å²) < 4.78 is 42.5. The predicted molar refractivity (Wildman–Crippen MR) is 65.8 cm³/mol. The molecule has 0 radical (unpaired) electrons. The third-order valence-electron chi connectivity index (χ3n) is 2.57. The van der Waals surface area contributed by atoms with Gasteiger partial charge in [0.25, 0.3) is 0 Å². The molecule has 0 aliphatic carbocycles. The van der Waals surface area contributed by atoms with Crippen molar-refractivity contribution in [3.05, 3.63) is 48.2 Å². The first-order chi connectivity index (χ1) is 9.00. The van der Waals surface area contributed by atoms with Crippen molar-refractivity contribution < 1.29 is 17.9 Å². The maximum atomic E-state index is 12.4. The first kappa shape index (κ1) is 13.4. The molecule has 2 rings (SSSR count). The van der Waals surface area contributed by atoms with Crippen molar-refractivity contribution in [3.63, 3.8) is 0 Å². The fraction of sp³-hybridized carbons (Fsp3) is 0.214. The number of hydrogen-bond donors (Lipinski definition) is 0. The second kappa shape index (κ2) is 5.30. The summed E-state index contributed by atoms with van der Waals surface area (Å²) in [4.78, 5) is 4.07. The molecule has 0 atom stereocenters. The van der Waals surface area contributed by atoms with Crippen molar-refractivity contribution >= 4 is 0 Å². The molecule has 2 aromatic rings. The highest BCUT2D eigenvalue weighted by Gasteiger charge is 2.29. The maximum Gasteiger partial charge on any atom is 0.416 e. The number of aromatic nitrogens is 1. The molecule has 1 heterocycles. The number of nitrogens with zero attached hydrogens (tertiary/aromatic N) is 1. The highest BCUT2D eigenvalue weighted by atomic mass is 19.4. The smallest absolute Gasteiger partial charge is 0.416 e. The molecule has 0 aliphatic rings. The molecule has 0 spiro atoms. The van der Waals surface area contributed by atoms with Gasteiger partial charge in [-0.15, -0.1) is 0 Å². The molecule has 0 fully saturated rings. The average molecular weight is 267 g/mol. The van der Waals surface area contributed by atoms with Crippen LogP contribution in [0, 0.1) is 0 Å². The van der Waals surface area contributed by atoms with Gasteiger partial charge in [-0.25, -0.2) is 4.98 Å². The molecule has 1 aromatic carbocycles. The lowest BCUT2D eigenvalue weighted by Crippen LogP contribution is -2.04. The second-order valence-electron chi connectivity index (χ2n) is 3.89. The summed E-state index contributed by atoms with van der Waals surface area (Å²) in [6.45, 7) is 2.37. The van der Waals surface area contributed by atoms with Gasteiger partial charge in [-0.3, -0.25) is 0 Å². The molecule has 100 valence electrons. The van der Waals surface area contributed by atoms with E-state index in [9.17, 15) is 13.2 Å². The fourth-order valence-electron chi connectivity index (χ4n) is 1.64. The zero-order chi connectivity index (χ0) is 13.9. The summed E-state index contributed by atoms with van der Waals surface area (Å²) in [6, 6.07) is 8.44. The highest BCUT2D eigenvalue weighted by molar-refractivity contribution is 5.63. The van der Waals surface area contributed by atoms with E-state index in [2.05, 4.69) is 4.98 Å². The van der Waals surface area contributed by atoms with Gasteiger partial charge in [0.15, 0.2) is 0 Å². The Kier molecular flexibility index (Phi) is 3.74. The Balaban J connectivity index is 2.22. The van der Waals surface area contributed by atoms with Crippen LogP contribution in [0.1, 0.15) is 12.5 Å². The molecular weight excluding hydrogens is 255 g/mol. The lowest BCUT2D eigenvalue weighted by atomic mass is 10.1. The van der Waals surface area contributed by atoms with Crippen LogP contribution in [0.25, 0.3) is 11.1 Å². The third kappa shape index (κ3) is 3.24. The topological polar surface area (TPSA) is 22.1 Å². The van der Waals surface area contributed by atoms with Crippen LogP contribution in [-0.2, 0) is 6.18 Å². The Morgan fingerprint density at radius 1 is 1.00 bits per heavy atom. The van der Waals surface area contributed by atoms with Crippen molar-refractivity contribution in [1.82, 2.24) is 4.98 Å². The van der Waals surface area contributed by atoms with E-state index in [1.807, 2.05) is 6.92 Å². The van der Waals surface area contributed by atoms with Gasteiger partial charge in [0.2, 0.25) is 5.88 Å². The average Bonchev–Trinajstić information content (AvgIpc) is 2.39. The Morgan fingerprint density at radius 3 is 2.11 bits per heavy atom. The van der Waals surface area contributed by atoms with E-state index < -0.39 is 11.7 Å². The molecular formula is C14H12F3NO. The quantitative estimate of drug-likeness (QED) is 0.832. The lowest BCUT2D eigenvalue weighted by molar-refractivity contribution is -0.137. The van der Waals surface area contributed by atoms with E-state index in [4.69, 9.17) is 4.74 Å². The highest BCUT2D eigenvalue weighted by Crippen LogP contribution is 2.30. The van der Waals surface area contributed by atoms with Crippen LogP contribution < -0.4 is 4.74 Å². The number of ether oxygens (including phenoxy) is 1. The van der Waals surface area contributed by atoms with Gasteiger partial charge in [-0.1, -0.05) is 12.1 Å². The van der Waals surface area contributed by atoms with Crippen LogP contribution in [0.2, 0.25) is 0 Å². The number of halogens is 3. The number of benzene rings is 1. The zero-order valence-corrected chi connectivity index (χ0v) is 10.2. The largest absolute Gasteiger partial charge is 0.478 e. The maximum absolute atomic E-state index is 12.4. The molecule has 1 aromatic heterocycles. The van der Waals surface area contributed by atoms with Crippen LogP contribution >= 0.6 is 0 Å². The Labute approximate surface area is 108 Å². The van der Waals surface area contributed by atoms with Crippen molar-refractivity contribution in [1.29, 1.82) is 0 Å². The van der Waals surface area contributed by atoms with E-state index >= 15 is 0 Å². The minimum absolute atomic E-state index is 0.498. The molecule has 0 unspecified atom stereocenters. The third-order valence-corrected chi connectivity index (χ3v) is 2.57. The molecule has 0 N–H and O–H groups in total. The van der Waals surface area contributed by atoms with Crippen LogP contribution in [0.3, 0.4) is 0 Å². The molecule has 0 aliphatic heterocycles. The number of rotatable bonds is 3. The Hall–Kier alpha value is -2.04. The van der Waals surface area contributed by atoms with Gasteiger partial charge in [0.1, 0.15) is 0 Å². The van der Waals surface area contributed by atoms with E-state index in [0.29, 0.717) is 18.1 Å². The van der Waals surface area contributed by atoms with Crippen LogP contribution in [-0.4, -0.2) is 11.6 Å². The van der Waals surface area contributed by atoms with Gasteiger partial charge in [-0.2, -0.15) is 13.2 Å². The molecule has 0 saturated carbocycles. The predicted octanol–water partition coefficient (Wildman–Crippen LogP) is 4.17. The van der Waals surface area contributed by atoms with Crippen molar-refractivity contribution in [2.75, 3.05) is 6.61 Å². The van der Waals surface area contributed by atoms with Gasteiger partial charge in [0.05, 0.1) is 12.2 Å².